The van der Waals surface area contributed by atoms with Gasteiger partial charge in [-0.05, 0) is 31.9 Å². The normalized spacial score (nSPS) is 17.4. The first-order valence-corrected chi connectivity index (χ1v) is 6.11. The van der Waals surface area contributed by atoms with Gasteiger partial charge in [-0.25, -0.2) is 10.8 Å². The summed E-state index contributed by atoms with van der Waals surface area (Å²) in [6, 6.07) is 4.37. The van der Waals surface area contributed by atoms with Crippen LogP contribution in [0.3, 0.4) is 0 Å². The van der Waals surface area contributed by atoms with E-state index in [-0.39, 0.29) is 0 Å². The lowest BCUT2D eigenvalue weighted by Gasteiger charge is -2.14. The quantitative estimate of drug-likeness (QED) is 0.321. The minimum absolute atomic E-state index is 0.503. The van der Waals surface area contributed by atoms with Crippen LogP contribution in [-0.4, -0.2) is 12.0 Å². The molecule has 4 N–H and O–H groups in total. The van der Waals surface area contributed by atoms with Gasteiger partial charge in [-0.15, -0.1) is 0 Å². The number of rotatable bonds is 3. The maximum absolute atomic E-state index is 5.45. The minimum Gasteiger partial charge on any atom is -0.464 e. The van der Waals surface area contributed by atoms with Crippen molar-refractivity contribution in [1.29, 1.82) is 0 Å². The van der Waals surface area contributed by atoms with E-state index in [0.717, 1.165) is 11.5 Å². The van der Waals surface area contributed by atoms with Crippen molar-refractivity contribution in [2.24, 2.45) is 10.8 Å². The van der Waals surface area contributed by atoms with Crippen LogP contribution in [-0.2, 0) is 6.54 Å². The third-order valence-corrected chi connectivity index (χ3v) is 3.02. The molecule has 0 spiro atoms. The fourth-order valence-corrected chi connectivity index (χ4v) is 2.12. The number of aryl methyl sites for hydroxylation is 1. The molecule has 1 heterocycles. The number of nitrogens with two attached hydrogens (primary N) is 1. The molecule has 0 saturated heterocycles. The summed E-state index contributed by atoms with van der Waals surface area (Å²) < 4.78 is 5.44. The van der Waals surface area contributed by atoms with E-state index >= 15 is 0 Å². The van der Waals surface area contributed by atoms with Gasteiger partial charge in [0.1, 0.15) is 18.1 Å². The average Bonchev–Trinajstić information content (AvgIpc) is 2.96. The first-order chi connectivity index (χ1) is 8.28. The lowest BCUT2D eigenvalue weighted by Crippen LogP contribution is -2.45. The zero-order valence-electron chi connectivity index (χ0n) is 10.2. The Morgan fingerprint density at radius 1 is 1.47 bits per heavy atom. The topological polar surface area (TPSA) is 75.6 Å². The van der Waals surface area contributed by atoms with Gasteiger partial charge in [0.05, 0.1) is 0 Å². The first-order valence-electron chi connectivity index (χ1n) is 6.11. The summed E-state index contributed by atoms with van der Waals surface area (Å²) in [5.41, 5.74) is 2.60. The Labute approximate surface area is 101 Å². The molecule has 1 aliphatic rings. The molecule has 0 atom stereocenters. The van der Waals surface area contributed by atoms with Crippen molar-refractivity contribution in [2.45, 2.75) is 45.2 Å². The van der Waals surface area contributed by atoms with Crippen LogP contribution in [0.1, 0.15) is 37.2 Å². The van der Waals surface area contributed by atoms with Gasteiger partial charge in [-0.1, -0.05) is 12.8 Å². The number of hydrazine groups is 1. The van der Waals surface area contributed by atoms with E-state index in [2.05, 4.69) is 15.7 Å². The van der Waals surface area contributed by atoms with Crippen molar-refractivity contribution in [3.05, 3.63) is 23.7 Å². The standard InChI is InChI=1S/C12H20N4O/c1-9-6-7-11(17-9)8-14-12(16-13)15-10-4-2-3-5-10/h6-7,10H,2-5,8,13H2,1H3,(H2,14,15,16). The van der Waals surface area contributed by atoms with Gasteiger partial charge in [-0.2, -0.15) is 0 Å². The zero-order valence-corrected chi connectivity index (χ0v) is 10.2. The Balaban J connectivity index is 1.88. The maximum Gasteiger partial charge on any atom is 0.206 e. The second kappa shape index (κ2) is 5.72. The third-order valence-electron chi connectivity index (χ3n) is 3.02. The summed E-state index contributed by atoms with van der Waals surface area (Å²) in [6.45, 7) is 2.43. The summed E-state index contributed by atoms with van der Waals surface area (Å²) in [5, 5.41) is 3.31. The number of nitrogens with one attached hydrogen (secondary N) is 2. The van der Waals surface area contributed by atoms with Crippen molar-refractivity contribution in [1.82, 2.24) is 10.7 Å². The molecule has 0 bridgehead atoms. The molecule has 1 saturated carbocycles. The molecule has 5 heteroatoms. The average molecular weight is 236 g/mol. The summed E-state index contributed by atoms with van der Waals surface area (Å²) >= 11 is 0. The largest absolute Gasteiger partial charge is 0.464 e. The summed E-state index contributed by atoms with van der Waals surface area (Å²) in [6.07, 6.45) is 4.96. The van der Waals surface area contributed by atoms with E-state index < -0.39 is 0 Å². The van der Waals surface area contributed by atoms with Crippen LogP contribution >= 0.6 is 0 Å². The molecular weight excluding hydrogens is 216 g/mol. The van der Waals surface area contributed by atoms with E-state index in [1.807, 2.05) is 19.1 Å². The second-order valence-electron chi connectivity index (χ2n) is 4.45. The maximum atomic E-state index is 5.45. The highest BCUT2D eigenvalue weighted by atomic mass is 16.3. The van der Waals surface area contributed by atoms with Crippen molar-refractivity contribution in [3.63, 3.8) is 0 Å². The van der Waals surface area contributed by atoms with Crippen molar-refractivity contribution >= 4 is 5.96 Å². The molecular formula is C12H20N4O. The number of hydrogen-bond acceptors (Lipinski definition) is 3. The van der Waals surface area contributed by atoms with Crippen LogP contribution in [0.4, 0.5) is 0 Å². The van der Waals surface area contributed by atoms with Crippen molar-refractivity contribution in [3.8, 4) is 0 Å². The van der Waals surface area contributed by atoms with E-state index in [4.69, 9.17) is 10.3 Å². The fourth-order valence-electron chi connectivity index (χ4n) is 2.12. The molecule has 5 nitrogen and oxygen atoms in total. The molecule has 2 rings (SSSR count). The van der Waals surface area contributed by atoms with Crippen LogP contribution in [0, 0.1) is 6.92 Å². The highest BCUT2D eigenvalue weighted by molar-refractivity contribution is 5.79. The zero-order chi connectivity index (χ0) is 12.1. The predicted molar refractivity (Wildman–Crippen MR) is 67.3 cm³/mol. The second-order valence-corrected chi connectivity index (χ2v) is 4.45. The summed E-state index contributed by atoms with van der Waals surface area (Å²) in [7, 11) is 0. The van der Waals surface area contributed by atoms with E-state index in [0.29, 0.717) is 18.5 Å². The molecule has 0 aromatic carbocycles. The highest BCUT2D eigenvalue weighted by Gasteiger charge is 2.15. The first kappa shape index (κ1) is 12.0. The Bertz CT molecular complexity index is 380. The summed E-state index contributed by atoms with van der Waals surface area (Å²) in [4.78, 5) is 4.36. The molecule has 1 aromatic heterocycles. The van der Waals surface area contributed by atoms with Crippen LogP contribution in [0.2, 0.25) is 0 Å². The molecule has 17 heavy (non-hydrogen) atoms. The minimum atomic E-state index is 0.503. The molecule has 0 amide bonds. The van der Waals surface area contributed by atoms with Gasteiger partial charge in [-0.3, -0.25) is 5.43 Å². The number of nitrogens with zero attached hydrogens (tertiary/aromatic N) is 1. The fraction of sp³-hybridized carbons (Fsp3) is 0.583. The molecule has 0 aliphatic heterocycles. The molecule has 0 radical (unpaired) electrons. The number of guanidine groups is 1. The Morgan fingerprint density at radius 2 is 2.24 bits per heavy atom. The van der Waals surface area contributed by atoms with Crippen LogP contribution < -0.4 is 16.6 Å². The predicted octanol–water partition coefficient (Wildman–Crippen LogP) is 1.44. The van der Waals surface area contributed by atoms with Gasteiger partial charge in [0.2, 0.25) is 5.96 Å². The molecule has 94 valence electrons. The van der Waals surface area contributed by atoms with E-state index in [1.54, 1.807) is 0 Å². The van der Waals surface area contributed by atoms with E-state index in [9.17, 15) is 0 Å². The number of hydrogen-bond donors (Lipinski definition) is 3. The summed E-state index contributed by atoms with van der Waals surface area (Å²) in [5.74, 6) is 7.85. The van der Waals surface area contributed by atoms with Gasteiger partial charge in [0.25, 0.3) is 0 Å². The van der Waals surface area contributed by atoms with Crippen LogP contribution in [0.25, 0.3) is 0 Å². The van der Waals surface area contributed by atoms with E-state index in [1.165, 1.54) is 25.7 Å². The van der Waals surface area contributed by atoms with Crippen molar-refractivity contribution in [2.75, 3.05) is 0 Å². The van der Waals surface area contributed by atoms with Gasteiger partial charge >= 0.3 is 0 Å². The third kappa shape index (κ3) is 3.49. The van der Waals surface area contributed by atoms with Gasteiger partial charge in [0.15, 0.2) is 0 Å². The smallest absolute Gasteiger partial charge is 0.206 e. The Kier molecular flexibility index (Phi) is 4.03. The lowest BCUT2D eigenvalue weighted by atomic mass is 10.2. The molecule has 1 aromatic rings. The van der Waals surface area contributed by atoms with Gasteiger partial charge < -0.3 is 9.73 Å². The number of furan rings is 1. The van der Waals surface area contributed by atoms with Crippen molar-refractivity contribution < 1.29 is 4.42 Å². The van der Waals surface area contributed by atoms with Crippen LogP contribution in [0.5, 0.6) is 0 Å². The Morgan fingerprint density at radius 3 is 2.82 bits per heavy atom. The number of aliphatic imine (C=N–C) groups is 1. The highest BCUT2D eigenvalue weighted by Crippen LogP contribution is 2.17. The van der Waals surface area contributed by atoms with Gasteiger partial charge in [0, 0.05) is 6.04 Å². The Hall–Kier alpha value is -1.49. The SMILES string of the molecule is Cc1ccc(CN=C(NN)NC2CCCC2)o1. The van der Waals surface area contributed by atoms with Crippen LogP contribution in [0.15, 0.2) is 21.5 Å². The molecule has 1 aliphatic carbocycles. The molecule has 1 fully saturated rings. The monoisotopic (exact) mass is 236 g/mol. The molecule has 0 unspecified atom stereocenters. The lowest BCUT2D eigenvalue weighted by molar-refractivity contribution is 0.485.